The molecule has 0 unspecified atom stereocenters. The van der Waals surface area contributed by atoms with E-state index in [-0.39, 0.29) is 11.5 Å². The van der Waals surface area contributed by atoms with Crippen molar-refractivity contribution in [3.63, 3.8) is 0 Å². The van der Waals surface area contributed by atoms with Crippen LogP contribution in [-0.4, -0.2) is 29.3 Å². The first-order chi connectivity index (χ1) is 11.1. The lowest BCUT2D eigenvalue weighted by Gasteiger charge is -2.10. The number of rotatable bonds is 7. The van der Waals surface area contributed by atoms with Crippen LogP contribution < -0.4 is 0 Å². The van der Waals surface area contributed by atoms with Crippen molar-refractivity contribution in [3.05, 3.63) is 59.7 Å². The quantitative estimate of drug-likeness (QED) is 0.660. The van der Waals surface area contributed by atoms with E-state index in [0.717, 1.165) is 20.9 Å². The molecule has 0 saturated carbocycles. The topological polar surface area (TPSA) is 68.3 Å². The van der Waals surface area contributed by atoms with E-state index in [1.54, 1.807) is 12.1 Å². The second-order valence-corrected chi connectivity index (χ2v) is 12.0. The lowest BCUT2D eigenvalue weighted by molar-refractivity contribution is 0.599. The normalized spacial score (nSPS) is 12.2. The van der Waals surface area contributed by atoms with Crippen LogP contribution in [0.2, 0.25) is 0 Å². The van der Waals surface area contributed by atoms with Gasteiger partial charge in [-0.1, -0.05) is 58.0 Å². The predicted octanol–water partition coefficient (Wildman–Crippen LogP) is 3.58. The van der Waals surface area contributed by atoms with E-state index >= 15 is 0 Å². The lowest BCUT2D eigenvalue weighted by Crippen LogP contribution is -2.02. The highest BCUT2D eigenvalue weighted by Gasteiger charge is 2.13. The Labute approximate surface area is 151 Å². The van der Waals surface area contributed by atoms with Gasteiger partial charge in [-0.05, 0) is 23.3 Å². The Morgan fingerprint density at radius 1 is 0.667 bits per heavy atom. The van der Waals surface area contributed by atoms with Crippen molar-refractivity contribution in [3.8, 4) is 0 Å². The summed E-state index contributed by atoms with van der Waals surface area (Å²) in [6, 6.07) is 14.7. The van der Waals surface area contributed by atoms with Gasteiger partial charge in [-0.25, -0.2) is 16.8 Å². The first-order valence-electron chi connectivity index (χ1n) is 7.00. The molecule has 8 heteroatoms. The second kappa shape index (κ2) is 7.95. The average Bonchev–Trinajstić information content (AvgIpc) is 2.44. The maximum Gasteiger partial charge on any atom is 0.151 e. The van der Waals surface area contributed by atoms with E-state index in [1.165, 1.54) is 34.1 Å². The molecular formula is C16H18O4S4. The molecule has 2 rings (SSSR count). The Morgan fingerprint density at radius 2 is 1.00 bits per heavy atom. The van der Waals surface area contributed by atoms with Crippen LogP contribution in [0, 0.1) is 0 Å². The number of sulfone groups is 2. The number of hydrogen-bond acceptors (Lipinski definition) is 6. The van der Waals surface area contributed by atoms with E-state index in [1.807, 2.05) is 36.4 Å². The second-order valence-electron chi connectivity index (χ2n) is 5.52. The molecule has 0 spiro atoms. The Bertz CT molecular complexity index is 841. The van der Waals surface area contributed by atoms with Gasteiger partial charge in [0.2, 0.25) is 0 Å². The van der Waals surface area contributed by atoms with Gasteiger partial charge in [0.1, 0.15) is 0 Å². The van der Waals surface area contributed by atoms with E-state index in [4.69, 9.17) is 0 Å². The summed E-state index contributed by atoms with van der Waals surface area (Å²) in [6.07, 6.45) is 2.42. The highest BCUT2D eigenvalue weighted by molar-refractivity contribution is 8.76. The molecule has 0 radical (unpaired) electrons. The van der Waals surface area contributed by atoms with Crippen molar-refractivity contribution < 1.29 is 16.8 Å². The Kier molecular flexibility index (Phi) is 6.41. The smallest absolute Gasteiger partial charge is 0.151 e. The third-order valence-corrected chi connectivity index (χ3v) is 7.24. The van der Waals surface area contributed by atoms with Crippen molar-refractivity contribution in [2.24, 2.45) is 0 Å². The van der Waals surface area contributed by atoms with Gasteiger partial charge in [0.15, 0.2) is 19.7 Å². The molecule has 0 atom stereocenters. The molecule has 0 aliphatic carbocycles. The SMILES string of the molecule is CS(=O)(=O)Cc1ccccc1SSc1ccccc1CS(C)(=O)=O. The van der Waals surface area contributed by atoms with Crippen LogP contribution in [0.15, 0.2) is 58.3 Å². The van der Waals surface area contributed by atoms with Gasteiger partial charge in [-0.15, -0.1) is 0 Å². The zero-order valence-electron chi connectivity index (χ0n) is 13.3. The Morgan fingerprint density at radius 3 is 1.33 bits per heavy atom. The molecule has 0 heterocycles. The lowest BCUT2D eigenvalue weighted by atomic mass is 10.2. The molecule has 130 valence electrons. The molecule has 0 aliphatic rings. The maximum absolute atomic E-state index is 11.6. The fourth-order valence-corrected chi connectivity index (χ4v) is 6.34. The molecule has 2 aromatic rings. The van der Waals surface area contributed by atoms with Gasteiger partial charge in [0, 0.05) is 22.3 Å². The van der Waals surface area contributed by atoms with Crippen LogP contribution in [0.1, 0.15) is 11.1 Å². The highest BCUT2D eigenvalue weighted by Crippen LogP contribution is 2.41. The standard InChI is InChI=1S/C16H18O4S4/c1-23(17,18)11-13-7-3-5-9-15(13)21-22-16-10-6-4-8-14(16)12-24(2,19)20/h3-10H,11-12H2,1-2H3. The third kappa shape index (κ3) is 6.51. The van der Waals surface area contributed by atoms with Gasteiger partial charge in [-0.3, -0.25) is 0 Å². The summed E-state index contributed by atoms with van der Waals surface area (Å²) in [5.74, 6) is -0.0244. The zero-order chi connectivity index (χ0) is 17.8. The van der Waals surface area contributed by atoms with Crippen LogP contribution in [-0.2, 0) is 31.2 Å². The van der Waals surface area contributed by atoms with Gasteiger partial charge in [0.05, 0.1) is 11.5 Å². The van der Waals surface area contributed by atoms with Crippen LogP contribution >= 0.6 is 21.6 Å². The summed E-state index contributed by atoms with van der Waals surface area (Å²) in [6.45, 7) is 0. The van der Waals surface area contributed by atoms with E-state index in [2.05, 4.69) is 0 Å². The molecule has 0 aliphatic heterocycles. The fourth-order valence-electron chi connectivity index (χ4n) is 2.06. The van der Waals surface area contributed by atoms with Crippen LogP contribution in [0.3, 0.4) is 0 Å². The molecule has 0 fully saturated rings. The third-order valence-electron chi connectivity index (χ3n) is 3.00. The minimum Gasteiger partial charge on any atom is -0.229 e. The van der Waals surface area contributed by atoms with Crippen molar-refractivity contribution in [2.45, 2.75) is 21.3 Å². The Hall–Kier alpha value is -0.960. The fraction of sp³-hybridized carbons (Fsp3) is 0.250. The largest absolute Gasteiger partial charge is 0.229 e. The minimum absolute atomic E-state index is 0.0122. The van der Waals surface area contributed by atoms with Gasteiger partial charge >= 0.3 is 0 Å². The predicted molar refractivity (Wildman–Crippen MR) is 102 cm³/mol. The maximum atomic E-state index is 11.6. The molecular weight excluding hydrogens is 384 g/mol. The molecule has 24 heavy (non-hydrogen) atoms. The van der Waals surface area contributed by atoms with Crippen molar-refractivity contribution in [1.29, 1.82) is 0 Å². The molecule has 0 amide bonds. The molecule has 0 bridgehead atoms. The van der Waals surface area contributed by atoms with E-state index in [0.29, 0.717) is 0 Å². The number of hydrogen-bond donors (Lipinski definition) is 0. The van der Waals surface area contributed by atoms with Crippen LogP contribution in [0.25, 0.3) is 0 Å². The first kappa shape index (κ1) is 19.4. The molecule has 4 nitrogen and oxygen atoms in total. The van der Waals surface area contributed by atoms with Gasteiger partial charge < -0.3 is 0 Å². The molecule has 0 N–H and O–H groups in total. The van der Waals surface area contributed by atoms with Crippen molar-refractivity contribution >= 4 is 41.3 Å². The van der Waals surface area contributed by atoms with Crippen LogP contribution in [0.5, 0.6) is 0 Å². The summed E-state index contributed by atoms with van der Waals surface area (Å²) < 4.78 is 46.2. The summed E-state index contributed by atoms with van der Waals surface area (Å²) in [4.78, 5) is 1.73. The first-order valence-corrected chi connectivity index (χ1v) is 13.3. The zero-order valence-corrected chi connectivity index (χ0v) is 16.6. The molecule has 0 aromatic heterocycles. The van der Waals surface area contributed by atoms with Crippen molar-refractivity contribution in [2.75, 3.05) is 12.5 Å². The van der Waals surface area contributed by atoms with Crippen LogP contribution in [0.4, 0.5) is 0 Å². The molecule has 0 saturated heterocycles. The minimum atomic E-state index is -3.12. The van der Waals surface area contributed by atoms with Crippen molar-refractivity contribution in [1.82, 2.24) is 0 Å². The Balaban J connectivity index is 2.21. The van der Waals surface area contributed by atoms with Gasteiger partial charge in [-0.2, -0.15) is 0 Å². The average molecular weight is 403 g/mol. The van der Waals surface area contributed by atoms with Gasteiger partial charge in [0.25, 0.3) is 0 Å². The molecule has 2 aromatic carbocycles. The summed E-state index contributed by atoms with van der Waals surface area (Å²) >= 11 is 0. The van der Waals surface area contributed by atoms with E-state index in [9.17, 15) is 16.8 Å². The summed E-state index contributed by atoms with van der Waals surface area (Å²) in [5, 5.41) is 0. The highest BCUT2D eigenvalue weighted by atomic mass is 33.1. The number of benzene rings is 2. The van der Waals surface area contributed by atoms with E-state index < -0.39 is 19.7 Å². The monoisotopic (exact) mass is 402 g/mol. The summed E-state index contributed by atoms with van der Waals surface area (Å²) in [5.41, 5.74) is 1.50. The summed E-state index contributed by atoms with van der Waals surface area (Å²) in [7, 11) is -3.36.